The molecule has 63 heavy (non-hydrogen) atoms. The number of hydrogen-bond donors (Lipinski definition) is 0. The lowest BCUT2D eigenvalue weighted by molar-refractivity contribution is 1.28. The molecule has 0 N–H and O–H groups in total. The Morgan fingerprint density at radius 3 is 1.08 bits per heavy atom. The fourth-order valence-corrected chi connectivity index (χ4v) is 9.25. The summed E-state index contributed by atoms with van der Waals surface area (Å²) in [4.78, 5) is 2.42. The first-order valence-electron chi connectivity index (χ1n) is 21.7. The van der Waals surface area contributed by atoms with Gasteiger partial charge in [0.25, 0.3) is 0 Å². The highest BCUT2D eigenvalue weighted by Crippen LogP contribution is 2.46. The van der Waals surface area contributed by atoms with Crippen molar-refractivity contribution in [3.63, 3.8) is 0 Å². The number of rotatable bonds is 9. The molecule has 11 rings (SSSR count). The van der Waals surface area contributed by atoms with Crippen LogP contribution in [0.25, 0.3) is 88.3 Å². The molecule has 0 unspecified atom stereocenters. The molecule has 1 nitrogen and oxygen atoms in total. The van der Waals surface area contributed by atoms with Gasteiger partial charge in [0.05, 0.1) is 5.69 Å². The monoisotopic (exact) mass is 801 g/mol. The fraction of sp³-hybridized carbons (Fsp3) is 0. The van der Waals surface area contributed by atoms with Crippen LogP contribution in [0.4, 0.5) is 17.1 Å². The van der Waals surface area contributed by atoms with Crippen molar-refractivity contribution in [1.29, 1.82) is 0 Å². The molecule has 0 spiro atoms. The van der Waals surface area contributed by atoms with E-state index in [9.17, 15) is 0 Å². The van der Waals surface area contributed by atoms with Crippen molar-refractivity contribution in [2.24, 2.45) is 0 Å². The van der Waals surface area contributed by atoms with Crippen molar-refractivity contribution in [3.05, 3.63) is 261 Å². The average Bonchev–Trinajstić information content (AvgIpc) is 3.37. The van der Waals surface area contributed by atoms with E-state index in [4.69, 9.17) is 0 Å². The third-order valence-corrected chi connectivity index (χ3v) is 12.3. The average molecular weight is 802 g/mol. The fourth-order valence-electron chi connectivity index (χ4n) is 9.25. The molecule has 0 heterocycles. The van der Waals surface area contributed by atoms with Gasteiger partial charge in [0.2, 0.25) is 0 Å². The molecule has 11 aromatic carbocycles. The van der Waals surface area contributed by atoms with Gasteiger partial charge in [0, 0.05) is 16.9 Å². The second-order valence-electron chi connectivity index (χ2n) is 16.0. The summed E-state index contributed by atoms with van der Waals surface area (Å²) in [5.41, 5.74) is 17.6. The predicted octanol–water partition coefficient (Wildman–Crippen LogP) is 17.5. The SMILES string of the molecule is c1ccc(-c2ccc(-c3ccccc3-c3ccccc3-c3ccccc3N(c3ccc(-c4cccc5ccccc45)cc3)c3ccc(-c4cccc5ccccc45)cc3)cc2)cc1. The first kappa shape index (κ1) is 37.7. The Morgan fingerprint density at radius 1 is 0.190 bits per heavy atom. The van der Waals surface area contributed by atoms with E-state index in [2.05, 4.69) is 266 Å². The summed E-state index contributed by atoms with van der Waals surface area (Å²) >= 11 is 0. The van der Waals surface area contributed by atoms with Crippen LogP contribution in [0, 0.1) is 0 Å². The number of hydrogen-bond acceptors (Lipinski definition) is 1. The summed E-state index contributed by atoms with van der Waals surface area (Å²) in [5.74, 6) is 0. The van der Waals surface area contributed by atoms with Crippen LogP contribution >= 0.6 is 0 Å². The molecular weight excluding hydrogens is 759 g/mol. The second kappa shape index (κ2) is 16.7. The maximum atomic E-state index is 2.42. The van der Waals surface area contributed by atoms with Gasteiger partial charge >= 0.3 is 0 Å². The number of anilines is 3. The quantitative estimate of drug-likeness (QED) is 0.141. The van der Waals surface area contributed by atoms with Crippen LogP contribution < -0.4 is 4.90 Å². The third-order valence-electron chi connectivity index (χ3n) is 12.3. The molecular formula is C62H43N. The molecule has 296 valence electrons. The summed E-state index contributed by atoms with van der Waals surface area (Å²) < 4.78 is 0. The van der Waals surface area contributed by atoms with E-state index in [-0.39, 0.29) is 0 Å². The van der Waals surface area contributed by atoms with Gasteiger partial charge in [0.1, 0.15) is 0 Å². The number of fused-ring (bicyclic) bond motifs is 2. The lowest BCUT2D eigenvalue weighted by Gasteiger charge is -2.29. The van der Waals surface area contributed by atoms with Crippen LogP contribution in [0.15, 0.2) is 261 Å². The Hall–Kier alpha value is -8.26. The highest BCUT2D eigenvalue weighted by molar-refractivity contribution is 6.00. The smallest absolute Gasteiger partial charge is 0.0540 e. The summed E-state index contributed by atoms with van der Waals surface area (Å²) in [5, 5.41) is 4.99. The topological polar surface area (TPSA) is 3.24 Å². The van der Waals surface area contributed by atoms with E-state index < -0.39 is 0 Å². The standard InChI is InChI=1S/C62H43N/c1-2-16-44(17-3-1)45-32-34-48(35-33-45)57-24-8-9-25-58(57)59-26-10-11-27-60(59)61-28-12-13-31-62(61)63(51-40-36-49(37-41-51)55-29-14-20-46-18-4-6-22-53(46)55)52-42-38-50(39-43-52)56-30-15-21-47-19-5-7-23-54(47)56/h1-43H. The van der Waals surface area contributed by atoms with Crippen molar-refractivity contribution < 1.29 is 0 Å². The Balaban J connectivity index is 1.04. The van der Waals surface area contributed by atoms with E-state index in [0.717, 1.165) is 22.6 Å². The highest BCUT2D eigenvalue weighted by Gasteiger charge is 2.21. The van der Waals surface area contributed by atoms with Gasteiger partial charge in [-0.25, -0.2) is 0 Å². The summed E-state index contributed by atoms with van der Waals surface area (Å²) in [7, 11) is 0. The van der Waals surface area contributed by atoms with Crippen molar-refractivity contribution in [3.8, 4) is 66.8 Å². The zero-order valence-electron chi connectivity index (χ0n) is 34.8. The van der Waals surface area contributed by atoms with Gasteiger partial charge in [0.15, 0.2) is 0 Å². The van der Waals surface area contributed by atoms with Gasteiger partial charge in [-0.3, -0.25) is 0 Å². The molecule has 0 saturated heterocycles. The normalized spacial score (nSPS) is 11.2. The molecule has 0 bridgehead atoms. The molecule has 0 aliphatic rings. The van der Waals surface area contributed by atoms with Crippen LogP contribution in [-0.4, -0.2) is 0 Å². The molecule has 0 amide bonds. The number of benzene rings is 11. The van der Waals surface area contributed by atoms with Gasteiger partial charge in [-0.1, -0.05) is 231 Å². The Bertz CT molecular complexity index is 3230. The van der Waals surface area contributed by atoms with E-state index in [1.54, 1.807) is 0 Å². The predicted molar refractivity (Wildman–Crippen MR) is 269 cm³/mol. The summed E-state index contributed by atoms with van der Waals surface area (Å²) in [6.07, 6.45) is 0. The lowest BCUT2D eigenvalue weighted by atomic mass is 9.88. The van der Waals surface area contributed by atoms with Crippen LogP contribution in [0.3, 0.4) is 0 Å². The zero-order chi connectivity index (χ0) is 42.0. The molecule has 0 radical (unpaired) electrons. The van der Waals surface area contributed by atoms with E-state index in [1.807, 2.05) is 0 Å². The first-order valence-corrected chi connectivity index (χ1v) is 21.7. The Morgan fingerprint density at radius 2 is 0.524 bits per heavy atom. The molecule has 1 heteroatoms. The van der Waals surface area contributed by atoms with E-state index in [1.165, 1.54) is 82.7 Å². The Kier molecular flexibility index (Phi) is 9.97. The largest absolute Gasteiger partial charge is 0.310 e. The summed E-state index contributed by atoms with van der Waals surface area (Å²) in [6, 6.07) is 94.6. The van der Waals surface area contributed by atoms with Crippen molar-refractivity contribution in [1.82, 2.24) is 0 Å². The van der Waals surface area contributed by atoms with Gasteiger partial charge in [-0.2, -0.15) is 0 Å². The minimum Gasteiger partial charge on any atom is -0.310 e. The zero-order valence-corrected chi connectivity index (χ0v) is 34.8. The van der Waals surface area contributed by atoms with Gasteiger partial charge in [-0.15, -0.1) is 0 Å². The van der Waals surface area contributed by atoms with Crippen molar-refractivity contribution >= 4 is 38.6 Å². The van der Waals surface area contributed by atoms with Crippen LogP contribution in [0.2, 0.25) is 0 Å². The second-order valence-corrected chi connectivity index (χ2v) is 16.0. The third kappa shape index (κ3) is 7.26. The molecule has 0 fully saturated rings. The minimum absolute atomic E-state index is 1.08. The minimum atomic E-state index is 1.08. The van der Waals surface area contributed by atoms with Crippen LogP contribution in [0.5, 0.6) is 0 Å². The maximum Gasteiger partial charge on any atom is 0.0540 e. The molecule has 0 aromatic heterocycles. The first-order chi connectivity index (χ1) is 31.3. The molecule has 0 saturated carbocycles. The molecule has 0 atom stereocenters. The molecule has 11 aromatic rings. The molecule has 0 aliphatic carbocycles. The van der Waals surface area contributed by atoms with E-state index >= 15 is 0 Å². The van der Waals surface area contributed by atoms with Crippen LogP contribution in [-0.2, 0) is 0 Å². The lowest BCUT2D eigenvalue weighted by Crippen LogP contribution is -2.11. The van der Waals surface area contributed by atoms with Gasteiger partial charge < -0.3 is 4.90 Å². The summed E-state index contributed by atoms with van der Waals surface area (Å²) in [6.45, 7) is 0. The van der Waals surface area contributed by atoms with Gasteiger partial charge in [-0.05, 0) is 113 Å². The number of nitrogens with zero attached hydrogens (tertiary/aromatic N) is 1. The molecule has 0 aliphatic heterocycles. The van der Waals surface area contributed by atoms with E-state index in [0.29, 0.717) is 0 Å². The highest BCUT2D eigenvalue weighted by atomic mass is 15.1. The van der Waals surface area contributed by atoms with Crippen LogP contribution in [0.1, 0.15) is 0 Å². The Labute approximate surface area is 369 Å². The van der Waals surface area contributed by atoms with Crippen molar-refractivity contribution in [2.45, 2.75) is 0 Å². The number of para-hydroxylation sites is 1. The maximum absolute atomic E-state index is 2.42. The van der Waals surface area contributed by atoms with Crippen molar-refractivity contribution in [2.75, 3.05) is 4.90 Å².